The zero-order valence-corrected chi connectivity index (χ0v) is 33.7. The summed E-state index contributed by atoms with van der Waals surface area (Å²) in [6.45, 7) is 17.8. The molecule has 2 spiro atoms. The summed E-state index contributed by atoms with van der Waals surface area (Å²) in [7, 11) is 0. The van der Waals surface area contributed by atoms with Crippen LogP contribution in [-0.2, 0) is 19.2 Å². The smallest absolute Gasteiger partial charge is 0.315 e. The lowest BCUT2D eigenvalue weighted by molar-refractivity contribution is -0.143. The summed E-state index contributed by atoms with van der Waals surface area (Å²) in [6, 6.07) is -2.38. The molecule has 6 aliphatic rings. The molecule has 2 heterocycles. The Balaban J connectivity index is 1.22. The average molecular weight is 740 g/mol. The van der Waals surface area contributed by atoms with Crippen LogP contribution in [0.5, 0.6) is 0 Å². The summed E-state index contributed by atoms with van der Waals surface area (Å²) in [4.78, 5) is 72.6. The van der Waals surface area contributed by atoms with E-state index in [1.807, 2.05) is 20.8 Å². The van der Waals surface area contributed by atoms with Crippen LogP contribution in [0.15, 0.2) is 0 Å². The van der Waals surface area contributed by atoms with Crippen LogP contribution in [0.25, 0.3) is 0 Å². The van der Waals surface area contributed by atoms with E-state index in [4.69, 9.17) is 5.73 Å². The van der Waals surface area contributed by atoms with Crippen molar-refractivity contribution < 1.29 is 24.0 Å². The summed E-state index contributed by atoms with van der Waals surface area (Å²) < 4.78 is 0. The van der Waals surface area contributed by atoms with Crippen molar-refractivity contribution in [3.8, 4) is 0 Å². The van der Waals surface area contributed by atoms with Gasteiger partial charge in [0.05, 0.1) is 6.04 Å². The fourth-order valence-electron chi connectivity index (χ4n) is 11.7. The van der Waals surface area contributed by atoms with E-state index >= 15 is 0 Å². The minimum absolute atomic E-state index is 0.0433. The fraction of sp³-hybridized carbons (Fsp3) is 0.878. The van der Waals surface area contributed by atoms with Gasteiger partial charge in [0.1, 0.15) is 12.1 Å². The third-order valence-electron chi connectivity index (χ3n) is 15.1. The van der Waals surface area contributed by atoms with Gasteiger partial charge in [-0.15, -0.1) is 0 Å². The first-order valence-corrected chi connectivity index (χ1v) is 20.9. The van der Waals surface area contributed by atoms with E-state index in [1.165, 1.54) is 6.42 Å². The summed E-state index contributed by atoms with van der Waals surface area (Å²) in [6.07, 6.45) is 12.8. The van der Waals surface area contributed by atoms with Gasteiger partial charge < -0.3 is 31.9 Å². The number of primary amides is 1. The van der Waals surface area contributed by atoms with Crippen molar-refractivity contribution in [3.63, 3.8) is 0 Å². The van der Waals surface area contributed by atoms with Crippen molar-refractivity contribution in [2.24, 2.45) is 39.2 Å². The van der Waals surface area contributed by atoms with Gasteiger partial charge in [-0.25, -0.2) is 4.79 Å². The molecule has 0 bridgehead atoms. The van der Waals surface area contributed by atoms with E-state index in [-0.39, 0.29) is 40.1 Å². The zero-order chi connectivity index (χ0) is 38.5. The predicted molar refractivity (Wildman–Crippen MR) is 204 cm³/mol. The molecule has 0 aromatic carbocycles. The molecule has 298 valence electrons. The normalized spacial score (nSPS) is 31.5. The Hall–Kier alpha value is -2.73. The maximum absolute atomic E-state index is 15.0. The van der Waals surface area contributed by atoms with Crippen molar-refractivity contribution in [3.05, 3.63) is 0 Å². The number of nitrogens with one attached hydrogen (secondary N) is 4. The second-order valence-electron chi connectivity index (χ2n) is 19.8. The number of carbonyl (C=O) groups excluding carboxylic acids is 5. The van der Waals surface area contributed by atoms with Gasteiger partial charge in [-0.05, 0) is 80.5 Å². The Morgan fingerprint density at radius 1 is 0.849 bits per heavy atom. The molecule has 0 aromatic heterocycles. The maximum Gasteiger partial charge on any atom is 0.315 e. The lowest BCUT2D eigenvalue weighted by atomic mass is 9.73. The van der Waals surface area contributed by atoms with Gasteiger partial charge in [-0.1, -0.05) is 79.6 Å². The Morgan fingerprint density at radius 2 is 1.49 bits per heavy atom. The molecule has 5 amide bonds. The molecular formula is C41H69N7O5. The molecule has 12 heteroatoms. The molecule has 0 radical (unpaired) electrons. The van der Waals surface area contributed by atoms with E-state index in [2.05, 4.69) is 53.9 Å². The van der Waals surface area contributed by atoms with Gasteiger partial charge >= 0.3 is 6.03 Å². The van der Waals surface area contributed by atoms with Gasteiger partial charge in [0.2, 0.25) is 17.6 Å². The average Bonchev–Trinajstić information content (AvgIpc) is 3.25. The molecule has 0 aromatic rings. The first-order valence-electron chi connectivity index (χ1n) is 20.9. The number of nitrogens with two attached hydrogens (primary N) is 1. The highest BCUT2D eigenvalue weighted by Crippen LogP contribution is 2.88. The molecule has 2 saturated heterocycles. The van der Waals surface area contributed by atoms with E-state index in [1.54, 1.807) is 4.90 Å². The molecule has 6 N–H and O–H groups in total. The van der Waals surface area contributed by atoms with Crippen molar-refractivity contribution in [1.82, 2.24) is 31.1 Å². The third kappa shape index (κ3) is 7.61. The van der Waals surface area contributed by atoms with Crippen molar-refractivity contribution >= 4 is 29.5 Å². The number of carbonyl (C=O) groups is 5. The largest absolute Gasteiger partial charge is 0.363 e. The number of likely N-dealkylation sites (tertiary alicyclic amines) is 1. The zero-order valence-electron chi connectivity index (χ0n) is 33.7. The van der Waals surface area contributed by atoms with E-state index < -0.39 is 41.1 Å². The summed E-state index contributed by atoms with van der Waals surface area (Å²) in [5.74, 6) is -1.92. The van der Waals surface area contributed by atoms with E-state index in [9.17, 15) is 24.0 Å². The number of nitrogens with zero attached hydrogens (tertiary/aromatic N) is 2. The van der Waals surface area contributed by atoms with Crippen LogP contribution in [-0.4, -0.2) is 102 Å². The number of hydrogen-bond acceptors (Lipinski definition) is 7. The van der Waals surface area contributed by atoms with Gasteiger partial charge in [0.25, 0.3) is 5.91 Å². The van der Waals surface area contributed by atoms with Crippen LogP contribution in [0.3, 0.4) is 0 Å². The number of ketones is 1. The molecule has 6 rings (SSSR count). The van der Waals surface area contributed by atoms with Crippen molar-refractivity contribution in [1.29, 1.82) is 0 Å². The maximum atomic E-state index is 15.0. The summed E-state index contributed by atoms with van der Waals surface area (Å²) >= 11 is 0. The fourth-order valence-corrected chi connectivity index (χ4v) is 11.7. The first kappa shape index (κ1) is 39.9. The molecule has 6 fully saturated rings. The van der Waals surface area contributed by atoms with Gasteiger partial charge in [-0.3, -0.25) is 24.1 Å². The Bertz CT molecular complexity index is 1400. The number of fused-ring (bicyclic) bond motifs is 1. The predicted octanol–water partition coefficient (Wildman–Crippen LogP) is 3.86. The number of urea groups is 1. The Morgan fingerprint density at radius 3 is 2.00 bits per heavy atom. The van der Waals surface area contributed by atoms with Crippen molar-refractivity contribution in [2.45, 2.75) is 168 Å². The third-order valence-corrected chi connectivity index (χ3v) is 15.1. The lowest BCUT2D eigenvalue weighted by Gasteiger charge is -2.41. The van der Waals surface area contributed by atoms with Crippen LogP contribution >= 0.6 is 0 Å². The molecule has 53 heavy (non-hydrogen) atoms. The Kier molecular flexibility index (Phi) is 11.4. The highest BCUT2D eigenvalue weighted by Gasteiger charge is 2.85. The number of amides is 5. The second-order valence-corrected chi connectivity index (χ2v) is 19.8. The van der Waals surface area contributed by atoms with E-state index in [0.717, 1.165) is 83.8 Å². The molecule has 1 unspecified atom stereocenters. The quantitative estimate of drug-likeness (QED) is 0.190. The molecule has 7 atom stereocenters. The SMILES string of the molecule is C[C@H]1CN(C[C@@H](NC(=O)N[C@H](C(=O)N2C[C@]3(C[C@H]2C(=O)NC(CC2CCC2)C(=O)C(N)=O)C(C)(C)C32CCC2)C(C)(C)C)C2CCCCC2)C[C@H](C)N1. The highest BCUT2D eigenvalue weighted by atomic mass is 16.2. The Labute approximate surface area is 317 Å². The monoisotopic (exact) mass is 740 g/mol. The van der Waals surface area contributed by atoms with Crippen molar-refractivity contribution in [2.75, 3.05) is 26.2 Å². The second kappa shape index (κ2) is 15.1. The van der Waals surface area contributed by atoms with Crippen LogP contribution in [0.2, 0.25) is 0 Å². The standard InChI is InChI=1S/C41H69N7O5/c1-25-21-47(22-26(2)43-25)23-30(28-15-9-8-10-16-28)45-37(53)46-33(38(3,4)5)36(52)48-24-41(39(6,7)40(41)17-12-18-40)20-31(48)35(51)44-29(32(49)34(42)50)19-27-13-11-14-27/h25-31,33,43H,8-24H2,1-7H3,(H2,42,50)(H,44,51)(H2,45,46,53)/t25-,26-,29?,30+,31-,33+,41+/m0/s1. The van der Waals surface area contributed by atoms with Gasteiger partial charge in [0, 0.05) is 49.7 Å². The number of piperazine rings is 1. The summed E-state index contributed by atoms with van der Waals surface area (Å²) in [5.41, 5.74) is 4.56. The first-order chi connectivity index (χ1) is 24.9. The molecule has 4 saturated carbocycles. The molecule has 4 aliphatic carbocycles. The summed E-state index contributed by atoms with van der Waals surface area (Å²) in [5, 5.41) is 13.0. The minimum atomic E-state index is -1.06. The minimum Gasteiger partial charge on any atom is -0.363 e. The van der Waals surface area contributed by atoms with Crippen LogP contribution in [0.1, 0.15) is 132 Å². The van der Waals surface area contributed by atoms with Crippen LogP contribution in [0.4, 0.5) is 4.79 Å². The molecule has 12 nitrogen and oxygen atoms in total. The molecular weight excluding hydrogens is 670 g/mol. The van der Waals surface area contributed by atoms with Gasteiger partial charge in [-0.2, -0.15) is 0 Å². The number of Topliss-reactive ketones (excluding diaryl/α,β-unsaturated/α-hetero) is 1. The number of rotatable bonds is 12. The van der Waals surface area contributed by atoms with Gasteiger partial charge in [0.15, 0.2) is 0 Å². The van der Waals surface area contributed by atoms with E-state index in [0.29, 0.717) is 37.4 Å². The topological polar surface area (TPSA) is 166 Å². The number of hydrogen-bond donors (Lipinski definition) is 5. The van der Waals surface area contributed by atoms with Crippen LogP contribution in [0, 0.1) is 33.5 Å². The lowest BCUT2D eigenvalue weighted by Crippen LogP contribution is -2.62. The molecule has 2 aliphatic heterocycles. The van der Waals surface area contributed by atoms with Crippen LogP contribution < -0.4 is 27.0 Å². The highest BCUT2D eigenvalue weighted by molar-refractivity contribution is 6.37.